The second-order valence-corrected chi connectivity index (χ2v) is 6.98. The summed E-state index contributed by atoms with van der Waals surface area (Å²) in [6.45, 7) is 9.19. The Morgan fingerprint density at radius 3 is 2.57 bits per heavy atom. The first-order chi connectivity index (χ1) is 9.74. The molecule has 2 heterocycles. The molecule has 0 bridgehead atoms. The fourth-order valence-corrected chi connectivity index (χ4v) is 2.53. The SMILES string of the molecule is CC(CCO)c1ccc2c(n1)n(C)c(=O)n2CC(C)(C)C. The molecule has 0 radical (unpaired) electrons. The van der Waals surface area contributed by atoms with Gasteiger partial charge in [0.1, 0.15) is 0 Å². The van der Waals surface area contributed by atoms with Crippen LogP contribution in [-0.4, -0.2) is 25.8 Å². The van der Waals surface area contributed by atoms with E-state index in [1.54, 1.807) is 16.2 Å². The second-order valence-electron chi connectivity index (χ2n) is 6.98. The van der Waals surface area contributed by atoms with Crippen molar-refractivity contribution in [2.75, 3.05) is 6.61 Å². The first-order valence-corrected chi connectivity index (χ1v) is 7.41. The van der Waals surface area contributed by atoms with Crippen LogP contribution in [0.25, 0.3) is 11.2 Å². The van der Waals surface area contributed by atoms with Crippen molar-refractivity contribution in [2.45, 2.75) is 46.6 Å². The quantitative estimate of drug-likeness (QED) is 0.940. The van der Waals surface area contributed by atoms with Crippen LogP contribution in [0.15, 0.2) is 16.9 Å². The van der Waals surface area contributed by atoms with Gasteiger partial charge in [0, 0.05) is 31.8 Å². The molecule has 0 spiro atoms. The average Bonchev–Trinajstić information content (AvgIpc) is 2.62. The smallest absolute Gasteiger partial charge is 0.330 e. The molecule has 2 aromatic rings. The van der Waals surface area contributed by atoms with Gasteiger partial charge < -0.3 is 5.11 Å². The summed E-state index contributed by atoms with van der Waals surface area (Å²) < 4.78 is 3.40. The van der Waals surface area contributed by atoms with Crippen molar-refractivity contribution in [3.63, 3.8) is 0 Å². The van der Waals surface area contributed by atoms with E-state index in [2.05, 4.69) is 25.8 Å². The van der Waals surface area contributed by atoms with Crippen molar-refractivity contribution in [1.29, 1.82) is 0 Å². The number of nitrogens with zero attached hydrogens (tertiary/aromatic N) is 3. The summed E-state index contributed by atoms with van der Waals surface area (Å²) in [7, 11) is 1.76. The molecule has 0 aliphatic rings. The van der Waals surface area contributed by atoms with Gasteiger partial charge in [0.05, 0.1) is 5.52 Å². The Hall–Kier alpha value is -1.62. The molecule has 0 amide bonds. The van der Waals surface area contributed by atoms with E-state index in [1.807, 2.05) is 19.1 Å². The van der Waals surface area contributed by atoms with E-state index in [0.29, 0.717) is 18.6 Å². The third-order valence-corrected chi connectivity index (χ3v) is 3.70. The molecule has 0 saturated carbocycles. The maximum Gasteiger partial charge on any atom is 0.330 e. The third-order valence-electron chi connectivity index (χ3n) is 3.70. The van der Waals surface area contributed by atoms with E-state index in [1.165, 1.54) is 0 Å². The van der Waals surface area contributed by atoms with Crippen LogP contribution in [0.3, 0.4) is 0 Å². The summed E-state index contributed by atoms with van der Waals surface area (Å²) in [4.78, 5) is 17.1. The van der Waals surface area contributed by atoms with E-state index in [4.69, 9.17) is 5.11 Å². The van der Waals surface area contributed by atoms with E-state index in [-0.39, 0.29) is 23.6 Å². The van der Waals surface area contributed by atoms with Crippen molar-refractivity contribution >= 4 is 11.2 Å². The lowest BCUT2D eigenvalue weighted by atomic mass is 9.97. The highest BCUT2D eigenvalue weighted by molar-refractivity contribution is 5.71. The number of aromatic nitrogens is 3. The molecule has 0 aromatic carbocycles. The highest BCUT2D eigenvalue weighted by Crippen LogP contribution is 2.22. The lowest BCUT2D eigenvalue weighted by molar-refractivity contribution is 0.278. The van der Waals surface area contributed by atoms with Crippen LogP contribution in [0.1, 0.15) is 45.7 Å². The minimum Gasteiger partial charge on any atom is -0.396 e. The largest absolute Gasteiger partial charge is 0.396 e. The van der Waals surface area contributed by atoms with Gasteiger partial charge in [0.25, 0.3) is 0 Å². The standard InChI is InChI=1S/C16H25N3O2/c1-11(8-9-20)12-6-7-13-14(17-12)18(5)15(21)19(13)10-16(2,3)4/h6-7,11,20H,8-10H2,1-5H3. The molecule has 2 aromatic heterocycles. The Morgan fingerprint density at radius 1 is 1.33 bits per heavy atom. The van der Waals surface area contributed by atoms with Crippen LogP contribution in [-0.2, 0) is 13.6 Å². The van der Waals surface area contributed by atoms with E-state index >= 15 is 0 Å². The highest BCUT2D eigenvalue weighted by Gasteiger charge is 2.19. The van der Waals surface area contributed by atoms with Crippen LogP contribution in [0.5, 0.6) is 0 Å². The van der Waals surface area contributed by atoms with Gasteiger partial charge in [-0.25, -0.2) is 9.78 Å². The number of pyridine rings is 1. The van der Waals surface area contributed by atoms with E-state index < -0.39 is 0 Å². The van der Waals surface area contributed by atoms with E-state index in [9.17, 15) is 4.79 Å². The van der Waals surface area contributed by atoms with Crippen molar-refractivity contribution in [2.24, 2.45) is 12.5 Å². The Bertz CT molecular complexity index is 692. The van der Waals surface area contributed by atoms with Gasteiger partial charge in [0.15, 0.2) is 5.65 Å². The number of fused-ring (bicyclic) bond motifs is 1. The molecular formula is C16H25N3O2. The summed E-state index contributed by atoms with van der Waals surface area (Å²) in [6.07, 6.45) is 0.676. The van der Waals surface area contributed by atoms with Gasteiger partial charge in [-0.1, -0.05) is 27.7 Å². The van der Waals surface area contributed by atoms with Crippen LogP contribution < -0.4 is 5.69 Å². The number of hydrogen-bond acceptors (Lipinski definition) is 3. The summed E-state index contributed by atoms with van der Waals surface area (Å²) in [5, 5.41) is 9.05. The fraction of sp³-hybridized carbons (Fsp3) is 0.625. The lowest BCUT2D eigenvalue weighted by Gasteiger charge is -2.18. The molecule has 1 atom stereocenters. The maximum atomic E-state index is 12.4. The number of aliphatic hydroxyl groups excluding tert-OH is 1. The topological polar surface area (TPSA) is 60.1 Å². The Labute approximate surface area is 125 Å². The van der Waals surface area contributed by atoms with Gasteiger partial charge in [0.2, 0.25) is 0 Å². The molecule has 1 unspecified atom stereocenters. The Kier molecular flexibility index (Phi) is 4.23. The number of imidazole rings is 1. The number of hydrogen-bond donors (Lipinski definition) is 1. The number of aryl methyl sites for hydroxylation is 1. The van der Waals surface area contributed by atoms with Gasteiger partial charge in [-0.2, -0.15) is 0 Å². The Morgan fingerprint density at radius 2 is 2.00 bits per heavy atom. The summed E-state index contributed by atoms with van der Waals surface area (Å²) in [5.74, 6) is 0.181. The molecule has 0 aliphatic heterocycles. The molecule has 5 heteroatoms. The van der Waals surface area contributed by atoms with Crippen LogP contribution in [0.2, 0.25) is 0 Å². The molecular weight excluding hydrogens is 266 g/mol. The predicted molar refractivity (Wildman–Crippen MR) is 84.5 cm³/mol. The zero-order valence-electron chi connectivity index (χ0n) is 13.6. The predicted octanol–water partition coefficient (Wildman–Crippen LogP) is 2.27. The zero-order chi connectivity index (χ0) is 15.8. The molecule has 2 rings (SSSR count). The first-order valence-electron chi connectivity index (χ1n) is 7.41. The van der Waals surface area contributed by atoms with Gasteiger partial charge in [-0.05, 0) is 24.0 Å². The minimum absolute atomic E-state index is 0.0283. The number of rotatable bonds is 4. The molecule has 116 valence electrons. The van der Waals surface area contributed by atoms with Crippen LogP contribution in [0, 0.1) is 5.41 Å². The fourth-order valence-electron chi connectivity index (χ4n) is 2.53. The summed E-state index contributed by atoms with van der Waals surface area (Å²) in [5.41, 5.74) is 2.50. The highest BCUT2D eigenvalue weighted by atomic mass is 16.3. The molecule has 0 saturated heterocycles. The number of aliphatic hydroxyl groups is 1. The van der Waals surface area contributed by atoms with Crippen molar-refractivity contribution < 1.29 is 5.11 Å². The first kappa shape index (κ1) is 15.8. The average molecular weight is 291 g/mol. The molecule has 1 N–H and O–H groups in total. The molecule has 0 fully saturated rings. The second kappa shape index (κ2) is 5.64. The van der Waals surface area contributed by atoms with Crippen molar-refractivity contribution in [1.82, 2.24) is 14.1 Å². The maximum absolute atomic E-state index is 12.4. The lowest BCUT2D eigenvalue weighted by Crippen LogP contribution is -2.27. The molecule has 0 aliphatic carbocycles. The van der Waals surface area contributed by atoms with Crippen LogP contribution in [0.4, 0.5) is 0 Å². The summed E-state index contributed by atoms with van der Waals surface area (Å²) in [6, 6.07) is 3.93. The molecule has 21 heavy (non-hydrogen) atoms. The van der Waals surface area contributed by atoms with Crippen molar-refractivity contribution in [3.8, 4) is 0 Å². The van der Waals surface area contributed by atoms with Gasteiger partial charge in [-0.15, -0.1) is 0 Å². The van der Waals surface area contributed by atoms with Gasteiger partial charge >= 0.3 is 5.69 Å². The molecule has 5 nitrogen and oxygen atoms in total. The summed E-state index contributed by atoms with van der Waals surface area (Å²) >= 11 is 0. The van der Waals surface area contributed by atoms with Crippen molar-refractivity contribution in [3.05, 3.63) is 28.3 Å². The van der Waals surface area contributed by atoms with Gasteiger partial charge in [-0.3, -0.25) is 9.13 Å². The third kappa shape index (κ3) is 3.18. The van der Waals surface area contributed by atoms with E-state index in [0.717, 1.165) is 11.2 Å². The Balaban J connectivity index is 2.55. The minimum atomic E-state index is -0.0283. The monoisotopic (exact) mass is 291 g/mol. The normalized spacial score (nSPS) is 13.8. The zero-order valence-corrected chi connectivity index (χ0v) is 13.6. The van der Waals surface area contributed by atoms with Crippen LogP contribution >= 0.6 is 0 Å².